The normalized spacial score (nSPS) is 17.0. The van der Waals surface area contributed by atoms with Gasteiger partial charge >= 0.3 is 40.0 Å². The Hall–Kier alpha value is -0.177. The molecule has 0 radical (unpaired) electrons. The van der Waals surface area contributed by atoms with Crippen LogP contribution in [-0.2, 0) is 3.78 Å². The predicted octanol–water partition coefficient (Wildman–Crippen LogP) is 0.613. The first-order valence-corrected chi connectivity index (χ1v) is 5.06. The van der Waals surface area contributed by atoms with Crippen LogP contribution in [0.25, 0.3) is 0 Å². The van der Waals surface area contributed by atoms with Gasteiger partial charge in [0, 0.05) is 0 Å². The van der Waals surface area contributed by atoms with Gasteiger partial charge in [0.2, 0.25) is 0 Å². The van der Waals surface area contributed by atoms with E-state index in [0.29, 0.717) is 0 Å². The molecule has 0 saturated carbocycles. The zero-order chi connectivity index (χ0) is 4.41. The monoisotopic (exact) mass is 142 g/mol. The van der Waals surface area contributed by atoms with Crippen LogP contribution in [0.15, 0.2) is 22.0 Å². The fraction of sp³-hybridized carbons (Fsp3) is 0. The van der Waals surface area contributed by atoms with Crippen molar-refractivity contribution < 1.29 is 3.78 Å². The number of hydrogen-bond acceptors (Lipinski definition) is 1. The van der Waals surface area contributed by atoms with E-state index in [1.165, 1.54) is 0 Å². The zero-order valence-electron chi connectivity index (χ0n) is 3.22. The van der Waals surface area contributed by atoms with Crippen LogP contribution in [0.4, 0.5) is 0 Å². The molecule has 0 bridgehead atoms. The molecule has 0 aromatic carbocycles. The minimum atomic E-state index is -1.88. The second kappa shape index (κ2) is 1.51. The van der Waals surface area contributed by atoms with E-state index in [1.54, 1.807) is 9.82 Å². The third-order valence-electron chi connectivity index (χ3n) is 0.632. The molecule has 6 heavy (non-hydrogen) atoms. The van der Waals surface area contributed by atoms with E-state index in [2.05, 4.69) is 0 Å². The minimum absolute atomic E-state index is 1.78. The molecule has 0 aliphatic carbocycles. The van der Waals surface area contributed by atoms with Gasteiger partial charge in [0.15, 0.2) is 0 Å². The summed E-state index contributed by atoms with van der Waals surface area (Å²) in [5, 5.41) is 0. The number of allylic oxidation sites excluding steroid dienone is 2. The second-order valence-electron chi connectivity index (χ2n) is 1.12. The van der Waals surface area contributed by atoms with E-state index in [0.717, 1.165) is 0 Å². The van der Waals surface area contributed by atoms with E-state index >= 15 is 0 Å². The Balaban J connectivity index is 2.86. The Labute approximate surface area is 40.7 Å². The van der Waals surface area contributed by atoms with Crippen molar-refractivity contribution in [2.45, 2.75) is 0 Å². The molecule has 0 unspecified atom stereocenters. The van der Waals surface area contributed by atoms with Gasteiger partial charge in [0.1, 0.15) is 0 Å². The zero-order valence-corrected chi connectivity index (χ0v) is 5.32. The maximum absolute atomic E-state index is 10.3. The molecule has 1 aliphatic heterocycles. The van der Waals surface area contributed by atoms with Crippen molar-refractivity contribution in [1.82, 2.24) is 0 Å². The average molecular weight is 141 g/mol. The van der Waals surface area contributed by atoms with Crippen molar-refractivity contribution >= 4 is 14.3 Å². The first-order chi connectivity index (χ1) is 2.89. The fourth-order valence-electron chi connectivity index (χ4n) is 0.356. The van der Waals surface area contributed by atoms with Crippen molar-refractivity contribution in [3.63, 3.8) is 0 Å². The van der Waals surface area contributed by atoms with Crippen LogP contribution in [0, 0.1) is 0 Å². The van der Waals surface area contributed by atoms with Crippen LogP contribution in [-0.4, -0.2) is 14.3 Å². The van der Waals surface area contributed by atoms with Crippen LogP contribution in [0.3, 0.4) is 0 Å². The molecular formula is C4H4GeO. The third-order valence-corrected chi connectivity index (χ3v) is 2.82. The molecule has 2 heteroatoms. The quantitative estimate of drug-likeness (QED) is 0.451. The molecule has 1 nitrogen and oxygen atoms in total. The Morgan fingerprint density at radius 3 is 1.83 bits per heavy atom. The summed E-state index contributed by atoms with van der Waals surface area (Å²) < 4.78 is 10.3. The molecule has 0 saturated heterocycles. The first-order valence-electron chi connectivity index (χ1n) is 1.78. The van der Waals surface area contributed by atoms with Gasteiger partial charge in [-0.25, -0.2) is 0 Å². The topological polar surface area (TPSA) is 17.1 Å². The van der Waals surface area contributed by atoms with Gasteiger partial charge in [0.05, 0.1) is 0 Å². The van der Waals surface area contributed by atoms with E-state index in [-0.39, 0.29) is 0 Å². The third kappa shape index (κ3) is 0.654. The van der Waals surface area contributed by atoms with E-state index in [1.807, 2.05) is 12.2 Å². The van der Waals surface area contributed by atoms with Gasteiger partial charge in [-0.3, -0.25) is 0 Å². The molecule has 0 amide bonds. The molecule has 1 aliphatic rings. The molecule has 0 fully saturated rings. The summed E-state index contributed by atoms with van der Waals surface area (Å²) in [6.45, 7) is 0. The van der Waals surface area contributed by atoms with Crippen LogP contribution in [0.5, 0.6) is 0 Å². The Bertz CT molecular complexity index is 110. The van der Waals surface area contributed by atoms with Crippen molar-refractivity contribution in [3.8, 4) is 0 Å². The van der Waals surface area contributed by atoms with Crippen molar-refractivity contribution in [2.24, 2.45) is 0 Å². The molecule has 0 aromatic rings. The van der Waals surface area contributed by atoms with Crippen LogP contribution < -0.4 is 0 Å². The van der Waals surface area contributed by atoms with Gasteiger partial charge < -0.3 is 0 Å². The van der Waals surface area contributed by atoms with E-state index in [4.69, 9.17) is 0 Å². The first kappa shape index (κ1) is 3.99. The van der Waals surface area contributed by atoms with Gasteiger partial charge in [-0.15, -0.1) is 0 Å². The summed E-state index contributed by atoms with van der Waals surface area (Å²) in [5.74, 6) is 0. The van der Waals surface area contributed by atoms with Crippen molar-refractivity contribution in [2.75, 3.05) is 0 Å². The Morgan fingerprint density at radius 2 is 1.67 bits per heavy atom. The molecular weight excluding hydrogens is 137 g/mol. The fourth-order valence-corrected chi connectivity index (χ4v) is 1.85. The SMILES string of the molecule is [O]=[Ge]1[CH]=CC=[CH]1. The summed E-state index contributed by atoms with van der Waals surface area (Å²) in [4.78, 5) is 3.56. The second-order valence-corrected chi connectivity index (χ2v) is 4.21. The van der Waals surface area contributed by atoms with Gasteiger partial charge in [0.25, 0.3) is 0 Å². The van der Waals surface area contributed by atoms with Crippen molar-refractivity contribution in [3.05, 3.63) is 22.0 Å². The van der Waals surface area contributed by atoms with Gasteiger partial charge in [-0.1, -0.05) is 0 Å². The van der Waals surface area contributed by atoms with Crippen LogP contribution >= 0.6 is 0 Å². The summed E-state index contributed by atoms with van der Waals surface area (Å²) in [6, 6.07) is 0. The molecule has 30 valence electrons. The number of rotatable bonds is 0. The molecule has 1 rings (SSSR count). The van der Waals surface area contributed by atoms with E-state index in [9.17, 15) is 3.78 Å². The van der Waals surface area contributed by atoms with Crippen LogP contribution in [0.1, 0.15) is 0 Å². The summed E-state index contributed by atoms with van der Waals surface area (Å²) in [7, 11) is 0. The molecule has 1 heterocycles. The number of hydrogen-bond donors (Lipinski definition) is 0. The summed E-state index contributed by atoms with van der Waals surface area (Å²) in [6.07, 6.45) is 3.67. The molecule has 0 spiro atoms. The Morgan fingerprint density at radius 1 is 1.17 bits per heavy atom. The molecule has 0 atom stereocenters. The molecule has 0 aromatic heterocycles. The standard InChI is InChI=1S/C4H4GeO/c6-5-3-1-2-4-5/h1-4H. The van der Waals surface area contributed by atoms with Crippen LogP contribution in [0.2, 0.25) is 0 Å². The predicted molar refractivity (Wildman–Crippen MR) is 24.7 cm³/mol. The summed E-state index contributed by atoms with van der Waals surface area (Å²) >= 11 is -1.88. The maximum atomic E-state index is 10.3. The van der Waals surface area contributed by atoms with E-state index < -0.39 is 14.3 Å². The summed E-state index contributed by atoms with van der Waals surface area (Å²) in [5.41, 5.74) is 0. The van der Waals surface area contributed by atoms with Crippen molar-refractivity contribution in [1.29, 1.82) is 0 Å². The van der Waals surface area contributed by atoms with Gasteiger partial charge in [-0.05, 0) is 0 Å². The average Bonchev–Trinajstić information content (AvgIpc) is 1.86. The van der Waals surface area contributed by atoms with Gasteiger partial charge in [-0.2, -0.15) is 0 Å². The Kier molecular flexibility index (Phi) is 1.01. The molecule has 0 N–H and O–H groups in total.